The normalized spacial score (nSPS) is 11.3. The predicted octanol–water partition coefficient (Wildman–Crippen LogP) is 2.51. The Kier molecular flexibility index (Phi) is 6.01. The van der Waals surface area contributed by atoms with Gasteiger partial charge in [0.2, 0.25) is 0 Å². The van der Waals surface area contributed by atoms with Gasteiger partial charge < -0.3 is 15.2 Å². The largest absolute Gasteiger partial charge is 0.504 e. The first-order chi connectivity index (χ1) is 12.7. The van der Waals surface area contributed by atoms with Crippen LogP contribution in [-0.4, -0.2) is 30.2 Å². The maximum absolute atomic E-state index is 12.5. The summed E-state index contributed by atoms with van der Waals surface area (Å²) in [4.78, 5) is 23.4. The lowest BCUT2D eigenvalue weighted by atomic mass is 10.2. The van der Waals surface area contributed by atoms with Crippen LogP contribution < -0.4 is 15.5 Å². The smallest absolute Gasteiger partial charge is 0.416 e. The minimum absolute atomic E-state index is 0.0235. The number of ether oxygens (including phenoxy) is 1. The molecule has 0 unspecified atom stereocenters. The number of alkyl halides is 3. The minimum atomic E-state index is -4.49. The van der Waals surface area contributed by atoms with E-state index >= 15 is 0 Å². The van der Waals surface area contributed by atoms with Crippen molar-refractivity contribution in [1.82, 2.24) is 5.43 Å². The molecule has 3 N–H and O–H groups in total. The van der Waals surface area contributed by atoms with Gasteiger partial charge in [0.1, 0.15) is 0 Å². The average molecular weight is 381 g/mol. The number of phenolic OH excluding ortho intramolecular Hbond substituents is 1. The molecule has 10 heteroatoms. The van der Waals surface area contributed by atoms with Crippen LogP contribution in [0.2, 0.25) is 0 Å². The maximum atomic E-state index is 12.5. The van der Waals surface area contributed by atoms with E-state index in [-0.39, 0.29) is 17.2 Å². The molecule has 2 rings (SSSR count). The molecule has 142 valence electrons. The first-order valence-corrected chi connectivity index (χ1v) is 7.39. The maximum Gasteiger partial charge on any atom is 0.416 e. The molecule has 0 spiro atoms. The standard InChI is InChI=1S/C17H14F3N3O4/c1-27-14-8-10(2-7-13(14)24)9-21-23-16(26)15(25)22-12-5-3-11(4-6-12)17(18,19)20/h2-9,24H,1H3,(H,22,25)(H,23,26)/b21-9+. The van der Waals surface area contributed by atoms with Gasteiger partial charge in [-0.3, -0.25) is 9.59 Å². The molecule has 0 atom stereocenters. The van der Waals surface area contributed by atoms with Gasteiger partial charge in [-0.2, -0.15) is 18.3 Å². The van der Waals surface area contributed by atoms with Crippen molar-refractivity contribution in [3.63, 3.8) is 0 Å². The number of carbonyl (C=O) groups is 2. The van der Waals surface area contributed by atoms with Gasteiger partial charge in [-0.15, -0.1) is 0 Å². The van der Waals surface area contributed by atoms with E-state index in [2.05, 4.69) is 10.4 Å². The molecule has 0 aliphatic carbocycles. The van der Waals surface area contributed by atoms with E-state index in [4.69, 9.17) is 4.74 Å². The zero-order valence-corrected chi connectivity index (χ0v) is 13.9. The number of methoxy groups -OCH3 is 1. The number of hydrogen-bond acceptors (Lipinski definition) is 5. The quantitative estimate of drug-likeness (QED) is 0.430. The van der Waals surface area contributed by atoms with E-state index in [1.807, 2.05) is 5.43 Å². The molecule has 0 bridgehead atoms. The van der Waals surface area contributed by atoms with Crippen LogP contribution in [0.1, 0.15) is 11.1 Å². The van der Waals surface area contributed by atoms with Crippen LogP contribution in [0.3, 0.4) is 0 Å². The summed E-state index contributed by atoms with van der Waals surface area (Å²) in [6.45, 7) is 0. The van der Waals surface area contributed by atoms with Crippen molar-refractivity contribution >= 4 is 23.7 Å². The second-order valence-electron chi connectivity index (χ2n) is 5.16. The Bertz CT molecular complexity index is 865. The molecule has 2 aromatic carbocycles. The molecule has 2 aromatic rings. The van der Waals surface area contributed by atoms with Crippen molar-refractivity contribution in [1.29, 1.82) is 0 Å². The van der Waals surface area contributed by atoms with Gasteiger partial charge in [0.05, 0.1) is 18.9 Å². The number of halogens is 3. The lowest BCUT2D eigenvalue weighted by molar-refractivity contribution is -0.137. The van der Waals surface area contributed by atoms with Crippen molar-refractivity contribution in [2.75, 3.05) is 12.4 Å². The fourth-order valence-corrected chi connectivity index (χ4v) is 1.92. The highest BCUT2D eigenvalue weighted by Gasteiger charge is 2.30. The molecule has 0 aliphatic heterocycles. The van der Waals surface area contributed by atoms with E-state index in [0.29, 0.717) is 5.56 Å². The summed E-state index contributed by atoms with van der Waals surface area (Å²) in [7, 11) is 1.36. The number of benzene rings is 2. The molecule has 0 radical (unpaired) electrons. The predicted molar refractivity (Wildman–Crippen MR) is 90.5 cm³/mol. The molecule has 0 aromatic heterocycles. The van der Waals surface area contributed by atoms with Gasteiger partial charge in [-0.05, 0) is 48.0 Å². The second-order valence-corrected chi connectivity index (χ2v) is 5.16. The van der Waals surface area contributed by atoms with Crippen LogP contribution in [0.25, 0.3) is 0 Å². The number of anilines is 1. The number of amides is 2. The molecule has 0 saturated heterocycles. The molecular formula is C17H14F3N3O4. The van der Waals surface area contributed by atoms with Crippen LogP contribution in [0, 0.1) is 0 Å². The third-order valence-corrected chi connectivity index (χ3v) is 3.26. The van der Waals surface area contributed by atoms with E-state index in [1.165, 1.54) is 31.5 Å². The van der Waals surface area contributed by atoms with Crippen molar-refractivity contribution < 1.29 is 32.6 Å². The topological polar surface area (TPSA) is 100 Å². The molecular weight excluding hydrogens is 367 g/mol. The molecule has 0 fully saturated rings. The first kappa shape index (κ1) is 19.8. The van der Waals surface area contributed by atoms with Gasteiger partial charge in [0.15, 0.2) is 11.5 Å². The van der Waals surface area contributed by atoms with E-state index in [1.54, 1.807) is 0 Å². The van der Waals surface area contributed by atoms with Gasteiger partial charge in [0, 0.05) is 5.69 Å². The Morgan fingerprint density at radius 2 is 1.78 bits per heavy atom. The first-order valence-electron chi connectivity index (χ1n) is 7.39. The third kappa shape index (κ3) is 5.46. The Hall–Kier alpha value is -3.56. The van der Waals surface area contributed by atoms with Gasteiger partial charge in [-0.1, -0.05) is 0 Å². The average Bonchev–Trinajstić information content (AvgIpc) is 2.62. The zero-order chi connectivity index (χ0) is 20.0. The van der Waals surface area contributed by atoms with Crippen molar-refractivity contribution in [2.24, 2.45) is 5.10 Å². The summed E-state index contributed by atoms with van der Waals surface area (Å²) in [6.07, 6.45) is -3.28. The highest BCUT2D eigenvalue weighted by atomic mass is 19.4. The Morgan fingerprint density at radius 1 is 1.11 bits per heavy atom. The molecule has 0 saturated carbocycles. The minimum Gasteiger partial charge on any atom is -0.504 e. The molecule has 27 heavy (non-hydrogen) atoms. The summed E-state index contributed by atoms with van der Waals surface area (Å²) < 4.78 is 42.3. The number of hydrazone groups is 1. The Morgan fingerprint density at radius 3 is 2.37 bits per heavy atom. The molecule has 0 aliphatic rings. The summed E-state index contributed by atoms with van der Waals surface area (Å²) in [5.41, 5.74) is 1.60. The van der Waals surface area contributed by atoms with E-state index in [9.17, 15) is 27.9 Å². The van der Waals surface area contributed by atoms with Gasteiger partial charge in [0.25, 0.3) is 0 Å². The lowest BCUT2D eigenvalue weighted by Crippen LogP contribution is -2.32. The van der Waals surface area contributed by atoms with E-state index in [0.717, 1.165) is 24.3 Å². The fourth-order valence-electron chi connectivity index (χ4n) is 1.92. The molecule has 7 nitrogen and oxygen atoms in total. The van der Waals surface area contributed by atoms with Crippen LogP contribution in [0.15, 0.2) is 47.6 Å². The van der Waals surface area contributed by atoms with Crippen LogP contribution in [0.5, 0.6) is 11.5 Å². The lowest BCUT2D eigenvalue weighted by Gasteiger charge is -2.08. The van der Waals surface area contributed by atoms with Crippen LogP contribution in [0.4, 0.5) is 18.9 Å². The van der Waals surface area contributed by atoms with Crippen molar-refractivity contribution in [2.45, 2.75) is 6.18 Å². The Labute approximate surface area is 151 Å². The highest BCUT2D eigenvalue weighted by molar-refractivity contribution is 6.39. The fraction of sp³-hybridized carbons (Fsp3) is 0.118. The number of carbonyl (C=O) groups excluding carboxylic acids is 2. The number of nitrogens with zero attached hydrogens (tertiary/aromatic N) is 1. The zero-order valence-electron chi connectivity index (χ0n) is 13.9. The number of rotatable bonds is 4. The summed E-state index contributed by atoms with van der Waals surface area (Å²) in [6, 6.07) is 7.93. The molecule has 2 amide bonds. The van der Waals surface area contributed by atoms with Crippen molar-refractivity contribution in [3.05, 3.63) is 53.6 Å². The van der Waals surface area contributed by atoms with E-state index < -0.39 is 23.6 Å². The summed E-state index contributed by atoms with van der Waals surface area (Å²) in [5, 5.41) is 15.2. The number of hydrogen-bond donors (Lipinski definition) is 3. The number of nitrogens with one attached hydrogen (secondary N) is 2. The van der Waals surface area contributed by atoms with Crippen LogP contribution in [-0.2, 0) is 15.8 Å². The number of phenols is 1. The summed E-state index contributed by atoms with van der Waals surface area (Å²) in [5.74, 6) is -2.09. The van der Waals surface area contributed by atoms with Crippen LogP contribution >= 0.6 is 0 Å². The second kappa shape index (κ2) is 8.21. The summed E-state index contributed by atoms with van der Waals surface area (Å²) >= 11 is 0. The SMILES string of the molecule is COc1cc(/C=N/NC(=O)C(=O)Nc2ccc(C(F)(F)F)cc2)ccc1O. The molecule has 0 heterocycles. The van der Waals surface area contributed by atoms with Gasteiger partial charge >= 0.3 is 18.0 Å². The highest BCUT2D eigenvalue weighted by Crippen LogP contribution is 2.29. The van der Waals surface area contributed by atoms with Crippen molar-refractivity contribution in [3.8, 4) is 11.5 Å². The number of aromatic hydroxyl groups is 1. The monoisotopic (exact) mass is 381 g/mol. The third-order valence-electron chi connectivity index (χ3n) is 3.26. The Balaban J connectivity index is 1.93. The van der Waals surface area contributed by atoms with Gasteiger partial charge in [-0.25, -0.2) is 5.43 Å².